The maximum atomic E-state index is 13.4. The number of halogens is 1. The second kappa shape index (κ2) is 5.82. The second-order valence-electron chi connectivity index (χ2n) is 5.00. The molecule has 1 amide bonds. The molecule has 0 radical (unpaired) electrons. The van der Waals surface area contributed by atoms with E-state index in [-0.39, 0.29) is 25.3 Å². The van der Waals surface area contributed by atoms with Crippen LogP contribution in [0.2, 0.25) is 0 Å². The van der Waals surface area contributed by atoms with Crippen LogP contribution in [-0.4, -0.2) is 40.8 Å². The van der Waals surface area contributed by atoms with Gasteiger partial charge in [0, 0.05) is 13.1 Å². The van der Waals surface area contributed by atoms with Crippen LogP contribution in [0.1, 0.15) is 30.0 Å². The van der Waals surface area contributed by atoms with Gasteiger partial charge in [0.1, 0.15) is 5.60 Å². The summed E-state index contributed by atoms with van der Waals surface area (Å²) in [6.45, 7) is 0.373. The van der Waals surface area contributed by atoms with Gasteiger partial charge in [-0.25, -0.2) is 4.98 Å². The highest BCUT2D eigenvalue weighted by Crippen LogP contribution is 2.40. The van der Waals surface area contributed by atoms with Gasteiger partial charge in [-0.05, 0) is 24.5 Å². The standard InChI is InChI=1S/C13H18FN3O3/c14-10-2-1-8-9(12(15)19)3-4-13(20,11(8)17-10)7-16-5-6-18/h1-2,9,16,18,20H,3-7H2,(H2,15,19). The van der Waals surface area contributed by atoms with Gasteiger partial charge in [-0.2, -0.15) is 4.39 Å². The maximum absolute atomic E-state index is 13.4. The number of carbonyl (C=O) groups is 1. The molecule has 0 bridgehead atoms. The molecule has 1 aliphatic rings. The SMILES string of the molecule is NC(=O)C1CCC(O)(CNCCO)c2nc(F)ccc21. The fourth-order valence-electron chi connectivity index (χ4n) is 2.60. The molecule has 0 fully saturated rings. The Bertz CT molecular complexity index is 512. The lowest BCUT2D eigenvalue weighted by Crippen LogP contribution is -2.44. The molecule has 0 aliphatic heterocycles. The number of fused-ring (bicyclic) bond motifs is 1. The first kappa shape index (κ1) is 14.8. The molecule has 5 N–H and O–H groups in total. The number of hydrogen-bond donors (Lipinski definition) is 4. The van der Waals surface area contributed by atoms with E-state index < -0.39 is 23.4 Å². The van der Waals surface area contributed by atoms with Gasteiger partial charge < -0.3 is 21.3 Å². The predicted molar refractivity (Wildman–Crippen MR) is 69.2 cm³/mol. The maximum Gasteiger partial charge on any atom is 0.225 e. The van der Waals surface area contributed by atoms with Crippen molar-refractivity contribution in [2.45, 2.75) is 24.4 Å². The van der Waals surface area contributed by atoms with Crippen molar-refractivity contribution in [1.29, 1.82) is 0 Å². The minimum Gasteiger partial charge on any atom is -0.395 e. The van der Waals surface area contributed by atoms with Crippen LogP contribution in [0, 0.1) is 5.95 Å². The first-order valence-corrected chi connectivity index (χ1v) is 6.48. The average molecular weight is 283 g/mol. The van der Waals surface area contributed by atoms with E-state index in [2.05, 4.69) is 10.3 Å². The van der Waals surface area contributed by atoms with E-state index in [0.29, 0.717) is 18.5 Å². The van der Waals surface area contributed by atoms with Crippen molar-refractivity contribution in [3.8, 4) is 0 Å². The fraction of sp³-hybridized carbons (Fsp3) is 0.538. The van der Waals surface area contributed by atoms with Crippen LogP contribution in [0.5, 0.6) is 0 Å². The molecule has 0 saturated heterocycles. The summed E-state index contributed by atoms with van der Waals surface area (Å²) in [7, 11) is 0. The van der Waals surface area contributed by atoms with Crippen molar-refractivity contribution in [3.05, 3.63) is 29.3 Å². The molecule has 110 valence electrons. The summed E-state index contributed by atoms with van der Waals surface area (Å²) >= 11 is 0. The van der Waals surface area contributed by atoms with Crippen molar-refractivity contribution in [2.24, 2.45) is 5.73 Å². The van der Waals surface area contributed by atoms with Gasteiger partial charge >= 0.3 is 0 Å². The number of rotatable bonds is 5. The Kier molecular flexibility index (Phi) is 4.32. The Labute approximate surface area is 115 Å². The molecule has 6 nitrogen and oxygen atoms in total. The van der Waals surface area contributed by atoms with Gasteiger partial charge in [-0.3, -0.25) is 4.79 Å². The van der Waals surface area contributed by atoms with Crippen LogP contribution < -0.4 is 11.1 Å². The number of pyridine rings is 1. The number of primary amides is 1. The molecule has 1 aliphatic carbocycles. The van der Waals surface area contributed by atoms with Gasteiger partial charge in [-0.1, -0.05) is 6.07 Å². The molecule has 2 atom stereocenters. The topological polar surface area (TPSA) is 108 Å². The Morgan fingerprint density at radius 3 is 3.00 bits per heavy atom. The van der Waals surface area contributed by atoms with Crippen LogP contribution >= 0.6 is 0 Å². The zero-order chi connectivity index (χ0) is 14.8. The molecule has 0 aromatic carbocycles. The lowest BCUT2D eigenvalue weighted by Gasteiger charge is -2.36. The smallest absolute Gasteiger partial charge is 0.225 e. The van der Waals surface area contributed by atoms with Gasteiger partial charge in [0.05, 0.1) is 18.2 Å². The van der Waals surface area contributed by atoms with E-state index in [1.54, 1.807) is 0 Å². The van der Waals surface area contributed by atoms with E-state index in [9.17, 15) is 14.3 Å². The van der Waals surface area contributed by atoms with E-state index in [1.165, 1.54) is 6.07 Å². The van der Waals surface area contributed by atoms with Crippen molar-refractivity contribution >= 4 is 5.91 Å². The molecular weight excluding hydrogens is 265 g/mol. The van der Waals surface area contributed by atoms with Crippen molar-refractivity contribution in [2.75, 3.05) is 19.7 Å². The molecular formula is C13H18FN3O3. The Balaban J connectivity index is 2.36. The lowest BCUT2D eigenvalue weighted by atomic mass is 9.76. The monoisotopic (exact) mass is 283 g/mol. The summed E-state index contributed by atoms with van der Waals surface area (Å²) in [4.78, 5) is 15.2. The third kappa shape index (κ3) is 2.79. The number of nitrogens with one attached hydrogen (secondary N) is 1. The molecule has 1 heterocycles. The number of hydrogen-bond acceptors (Lipinski definition) is 5. The zero-order valence-corrected chi connectivity index (χ0v) is 11.0. The quantitative estimate of drug-likeness (QED) is 0.424. The average Bonchev–Trinajstić information content (AvgIpc) is 2.40. The molecule has 1 aromatic heterocycles. The summed E-state index contributed by atoms with van der Waals surface area (Å²) in [5, 5.41) is 22.3. The van der Waals surface area contributed by atoms with Crippen molar-refractivity contribution in [1.82, 2.24) is 10.3 Å². The molecule has 7 heteroatoms. The van der Waals surface area contributed by atoms with Crippen molar-refractivity contribution < 1.29 is 19.4 Å². The number of aliphatic hydroxyl groups is 2. The highest BCUT2D eigenvalue weighted by atomic mass is 19.1. The van der Waals surface area contributed by atoms with Crippen LogP contribution in [-0.2, 0) is 10.4 Å². The zero-order valence-electron chi connectivity index (χ0n) is 11.0. The van der Waals surface area contributed by atoms with E-state index in [1.807, 2.05) is 0 Å². The van der Waals surface area contributed by atoms with Gasteiger partial charge in [-0.15, -0.1) is 0 Å². The lowest BCUT2D eigenvalue weighted by molar-refractivity contribution is -0.120. The molecule has 0 spiro atoms. The second-order valence-corrected chi connectivity index (χ2v) is 5.00. The normalized spacial score (nSPS) is 25.2. The minimum atomic E-state index is -1.36. The minimum absolute atomic E-state index is 0.0660. The number of nitrogens with zero attached hydrogens (tertiary/aromatic N) is 1. The number of nitrogens with two attached hydrogens (primary N) is 1. The highest BCUT2D eigenvalue weighted by Gasteiger charge is 2.41. The number of amides is 1. The fourth-order valence-corrected chi connectivity index (χ4v) is 2.60. The van der Waals surface area contributed by atoms with E-state index in [0.717, 1.165) is 6.07 Å². The summed E-state index contributed by atoms with van der Waals surface area (Å²) in [6, 6.07) is 2.60. The van der Waals surface area contributed by atoms with Crippen LogP contribution in [0.3, 0.4) is 0 Å². The Morgan fingerprint density at radius 1 is 1.60 bits per heavy atom. The highest BCUT2D eigenvalue weighted by molar-refractivity contribution is 5.82. The molecule has 2 unspecified atom stereocenters. The number of aromatic nitrogens is 1. The number of carbonyl (C=O) groups excluding carboxylic acids is 1. The molecule has 2 rings (SSSR count). The summed E-state index contributed by atoms with van der Waals surface area (Å²) in [6.07, 6.45) is 0.634. The Morgan fingerprint density at radius 2 is 2.35 bits per heavy atom. The first-order chi connectivity index (χ1) is 9.48. The Hall–Kier alpha value is -1.57. The third-order valence-corrected chi connectivity index (χ3v) is 3.60. The molecule has 20 heavy (non-hydrogen) atoms. The first-order valence-electron chi connectivity index (χ1n) is 6.48. The number of aliphatic hydroxyl groups excluding tert-OH is 1. The predicted octanol–water partition coefficient (Wildman–Crippen LogP) is -0.647. The molecule has 1 aromatic rings. The summed E-state index contributed by atoms with van der Waals surface area (Å²) in [5.41, 5.74) is 4.60. The van der Waals surface area contributed by atoms with Gasteiger partial charge in [0.25, 0.3) is 0 Å². The van der Waals surface area contributed by atoms with Crippen LogP contribution in [0.4, 0.5) is 4.39 Å². The molecule has 0 saturated carbocycles. The van der Waals surface area contributed by atoms with Crippen LogP contribution in [0.15, 0.2) is 12.1 Å². The largest absolute Gasteiger partial charge is 0.395 e. The third-order valence-electron chi connectivity index (χ3n) is 3.60. The summed E-state index contributed by atoms with van der Waals surface area (Å²) in [5.74, 6) is -1.78. The summed E-state index contributed by atoms with van der Waals surface area (Å²) < 4.78 is 13.4. The van der Waals surface area contributed by atoms with Crippen molar-refractivity contribution in [3.63, 3.8) is 0 Å². The van der Waals surface area contributed by atoms with Crippen LogP contribution in [0.25, 0.3) is 0 Å². The van der Waals surface area contributed by atoms with E-state index in [4.69, 9.17) is 10.8 Å². The van der Waals surface area contributed by atoms with Gasteiger partial charge in [0.2, 0.25) is 11.9 Å². The van der Waals surface area contributed by atoms with E-state index >= 15 is 0 Å². The van der Waals surface area contributed by atoms with Gasteiger partial charge in [0.15, 0.2) is 0 Å².